The third-order valence-electron chi connectivity index (χ3n) is 15.7. The highest BCUT2D eigenvalue weighted by molar-refractivity contribution is 7.47. The SMILES string of the molecule is CCCCCCCCCCCCCCCCCCCCCC(=O)O[C@H](COC(=O)CCCCCCCCC(C)CC)COP(=O)(O)OC[C@@H](O)COP(=O)(O)OC[C@@H](COC(=O)CCCCCCC)OC(=O)CCCCCCCCC(C)CC. The quantitative estimate of drug-likeness (QED) is 0.0222. The number of carbonyl (C=O) groups excluding carboxylic acids is 4. The van der Waals surface area contributed by atoms with Crippen molar-refractivity contribution in [3.8, 4) is 0 Å². The van der Waals surface area contributed by atoms with E-state index in [-0.39, 0.29) is 25.7 Å². The van der Waals surface area contributed by atoms with Gasteiger partial charge in [0.15, 0.2) is 12.2 Å². The molecular formula is C65H126O17P2. The van der Waals surface area contributed by atoms with Gasteiger partial charge in [0, 0.05) is 25.7 Å². The maximum Gasteiger partial charge on any atom is 0.472 e. The minimum atomic E-state index is -4.94. The third-order valence-corrected chi connectivity index (χ3v) is 17.6. The topological polar surface area (TPSA) is 237 Å². The summed E-state index contributed by atoms with van der Waals surface area (Å²) < 4.78 is 67.8. The number of ether oxygens (including phenoxy) is 4. The zero-order valence-electron chi connectivity index (χ0n) is 54.2. The summed E-state index contributed by atoms with van der Waals surface area (Å²) in [7, 11) is -9.88. The van der Waals surface area contributed by atoms with Crippen LogP contribution in [0.4, 0.5) is 0 Å². The van der Waals surface area contributed by atoms with Gasteiger partial charge in [0.2, 0.25) is 0 Å². The first-order valence-electron chi connectivity index (χ1n) is 34.1. The molecule has 0 aromatic rings. The normalized spacial score (nSPS) is 14.9. The minimum Gasteiger partial charge on any atom is -0.462 e. The number of rotatable bonds is 64. The lowest BCUT2D eigenvalue weighted by atomic mass is 10.00. The molecule has 4 unspecified atom stereocenters. The second-order valence-electron chi connectivity index (χ2n) is 24.0. The molecule has 0 saturated carbocycles. The van der Waals surface area contributed by atoms with E-state index in [2.05, 4.69) is 41.5 Å². The lowest BCUT2D eigenvalue weighted by Gasteiger charge is -2.21. The molecule has 3 N–H and O–H groups in total. The molecule has 0 aromatic heterocycles. The number of aliphatic hydroxyl groups is 1. The van der Waals surface area contributed by atoms with Crippen molar-refractivity contribution >= 4 is 39.5 Å². The smallest absolute Gasteiger partial charge is 0.462 e. The van der Waals surface area contributed by atoms with Crippen molar-refractivity contribution in [3.63, 3.8) is 0 Å². The van der Waals surface area contributed by atoms with E-state index in [1.54, 1.807) is 0 Å². The fourth-order valence-electron chi connectivity index (χ4n) is 9.64. The number of phosphoric acid groups is 2. The zero-order chi connectivity index (χ0) is 62.2. The average Bonchev–Trinajstić information content (AvgIpc) is 3.58. The fraction of sp³-hybridized carbons (Fsp3) is 0.938. The Hall–Kier alpha value is -1.94. The van der Waals surface area contributed by atoms with Gasteiger partial charge in [-0.3, -0.25) is 37.3 Å². The molecule has 0 aliphatic carbocycles. The molecule has 0 rings (SSSR count). The summed E-state index contributed by atoms with van der Waals surface area (Å²) in [6.45, 7) is 9.32. The molecule has 0 aliphatic rings. The predicted molar refractivity (Wildman–Crippen MR) is 335 cm³/mol. The minimum absolute atomic E-state index is 0.102. The number of hydrogen-bond acceptors (Lipinski definition) is 15. The number of esters is 4. The highest BCUT2D eigenvalue weighted by Crippen LogP contribution is 2.45. The monoisotopic (exact) mass is 1240 g/mol. The summed E-state index contributed by atoms with van der Waals surface area (Å²) in [6, 6.07) is 0. The van der Waals surface area contributed by atoms with Crippen LogP contribution < -0.4 is 0 Å². The fourth-order valence-corrected chi connectivity index (χ4v) is 11.2. The predicted octanol–water partition coefficient (Wildman–Crippen LogP) is 18.0. The lowest BCUT2D eigenvalue weighted by molar-refractivity contribution is -0.161. The Bertz CT molecular complexity index is 1650. The molecule has 0 fully saturated rings. The molecule has 0 spiro atoms. The van der Waals surface area contributed by atoms with Gasteiger partial charge in [-0.05, 0) is 37.5 Å². The maximum absolute atomic E-state index is 13.0. The zero-order valence-corrected chi connectivity index (χ0v) is 56.0. The van der Waals surface area contributed by atoms with E-state index < -0.39 is 97.5 Å². The van der Waals surface area contributed by atoms with Crippen LogP contribution >= 0.6 is 15.6 Å². The third kappa shape index (κ3) is 56.6. The lowest BCUT2D eigenvalue weighted by Crippen LogP contribution is -2.30. The van der Waals surface area contributed by atoms with Crippen LogP contribution in [-0.2, 0) is 65.4 Å². The van der Waals surface area contributed by atoms with Crippen molar-refractivity contribution < 1.29 is 80.2 Å². The summed E-state index contributed by atoms with van der Waals surface area (Å²) in [5, 5.41) is 10.5. The van der Waals surface area contributed by atoms with Crippen LogP contribution in [0.5, 0.6) is 0 Å². The van der Waals surface area contributed by atoms with Gasteiger partial charge in [-0.15, -0.1) is 0 Å². The van der Waals surface area contributed by atoms with Crippen LogP contribution in [0.15, 0.2) is 0 Å². The second-order valence-corrected chi connectivity index (χ2v) is 26.9. The molecule has 0 heterocycles. The summed E-state index contributed by atoms with van der Waals surface area (Å²) in [5.74, 6) is -0.696. The molecule has 0 amide bonds. The van der Waals surface area contributed by atoms with Gasteiger partial charge >= 0.3 is 39.5 Å². The number of unbranched alkanes of at least 4 members (excludes halogenated alkanes) is 32. The first kappa shape index (κ1) is 82.1. The van der Waals surface area contributed by atoms with Gasteiger partial charge in [0.05, 0.1) is 26.4 Å². The van der Waals surface area contributed by atoms with E-state index in [1.807, 2.05) is 0 Å². The summed E-state index contributed by atoms with van der Waals surface area (Å²) in [4.78, 5) is 72.0. The highest BCUT2D eigenvalue weighted by atomic mass is 31.2. The summed E-state index contributed by atoms with van der Waals surface area (Å²) in [5.41, 5.74) is 0. The molecule has 17 nitrogen and oxygen atoms in total. The second kappa shape index (κ2) is 57.5. The van der Waals surface area contributed by atoms with Gasteiger partial charge in [0.1, 0.15) is 19.3 Å². The molecule has 0 bridgehead atoms. The van der Waals surface area contributed by atoms with Crippen molar-refractivity contribution in [3.05, 3.63) is 0 Å². The van der Waals surface area contributed by atoms with E-state index in [9.17, 15) is 43.2 Å². The molecule has 84 heavy (non-hydrogen) atoms. The van der Waals surface area contributed by atoms with Crippen molar-refractivity contribution in [2.24, 2.45) is 11.8 Å². The van der Waals surface area contributed by atoms with Crippen molar-refractivity contribution in [1.29, 1.82) is 0 Å². The summed E-state index contributed by atoms with van der Waals surface area (Å²) >= 11 is 0. The van der Waals surface area contributed by atoms with Gasteiger partial charge in [-0.1, -0.05) is 273 Å². The molecule has 0 aromatic carbocycles. The molecule has 0 saturated heterocycles. The van der Waals surface area contributed by atoms with Gasteiger partial charge < -0.3 is 33.8 Å². The Morgan fingerprint density at radius 2 is 0.571 bits per heavy atom. The van der Waals surface area contributed by atoms with E-state index in [0.29, 0.717) is 25.7 Å². The van der Waals surface area contributed by atoms with E-state index in [1.165, 1.54) is 128 Å². The molecule has 498 valence electrons. The Morgan fingerprint density at radius 3 is 0.845 bits per heavy atom. The van der Waals surface area contributed by atoms with Crippen LogP contribution in [-0.4, -0.2) is 96.7 Å². The van der Waals surface area contributed by atoms with Crippen LogP contribution in [0.25, 0.3) is 0 Å². The van der Waals surface area contributed by atoms with Crippen LogP contribution in [0.1, 0.15) is 324 Å². The Morgan fingerprint density at radius 1 is 0.333 bits per heavy atom. The first-order chi connectivity index (χ1) is 40.4. The Balaban J connectivity index is 5.12. The number of phosphoric ester groups is 2. The Kier molecular flexibility index (Phi) is 56.2. The van der Waals surface area contributed by atoms with E-state index in [0.717, 1.165) is 115 Å². The standard InChI is InChI=1S/C65H126O17P2/c1-7-11-13-15-16-17-18-19-20-21-22-23-24-25-26-27-28-37-43-49-64(69)81-61(54-76-63(68)48-42-36-31-29-34-39-45-57(5)9-3)56-80-84(73,74)78-52-59(66)51-77-83(71,72)79-55-60(53-75-62(67)47-41-33-14-12-8-2)82-65(70)50-44-38-32-30-35-40-46-58(6)10-4/h57-61,66H,7-56H2,1-6H3,(H,71,72)(H,73,74)/t57?,58?,59-,60+,61+/m0/s1. The number of carbonyl (C=O) groups is 4. The molecule has 7 atom stereocenters. The van der Waals surface area contributed by atoms with Gasteiger partial charge in [-0.2, -0.15) is 0 Å². The molecule has 0 aliphatic heterocycles. The first-order valence-corrected chi connectivity index (χ1v) is 37.1. The summed E-state index contributed by atoms with van der Waals surface area (Å²) in [6.07, 6.45) is 40.9. The molecular weight excluding hydrogens is 1110 g/mol. The average molecular weight is 1240 g/mol. The van der Waals surface area contributed by atoms with Crippen LogP contribution in [0, 0.1) is 11.8 Å². The van der Waals surface area contributed by atoms with Gasteiger partial charge in [0.25, 0.3) is 0 Å². The van der Waals surface area contributed by atoms with E-state index >= 15 is 0 Å². The Labute approximate surface area is 511 Å². The van der Waals surface area contributed by atoms with Crippen LogP contribution in [0.2, 0.25) is 0 Å². The maximum atomic E-state index is 13.0. The molecule has 19 heteroatoms. The van der Waals surface area contributed by atoms with Gasteiger partial charge in [-0.25, -0.2) is 9.13 Å². The number of aliphatic hydroxyl groups excluding tert-OH is 1. The van der Waals surface area contributed by atoms with Crippen molar-refractivity contribution in [2.45, 2.75) is 342 Å². The van der Waals surface area contributed by atoms with E-state index in [4.69, 9.17) is 37.0 Å². The molecule has 0 radical (unpaired) electrons. The van der Waals surface area contributed by atoms with Crippen molar-refractivity contribution in [2.75, 3.05) is 39.6 Å². The number of hydrogen-bond donors (Lipinski definition) is 3. The van der Waals surface area contributed by atoms with Crippen LogP contribution in [0.3, 0.4) is 0 Å². The highest BCUT2D eigenvalue weighted by Gasteiger charge is 2.30. The van der Waals surface area contributed by atoms with Crippen molar-refractivity contribution in [1.82, 2.24) is 0 Å². The largest absolute Gasteiger partial charge is 0.472 e.